The zero-order valence-electron chi connectivity index (χ0n) is 11.6. The molecule has 1 aromatic carbocycles. The first-order valence-electron chi connectivity index (χ1n) is 7.34. The first kappa shape index (κ1) is 13.2. The van der Waals surface area contributed by atoms with E-state index in [0.717, 1.165) is 24.3 Å². The van der Waals surface area contributed by atoms with Gasteiger partial charge < -0.3 is 10.4 Å². The molecule has 0 saturated heterocycles. The first-order chi connectivity index (χ1) is 9.81. The van der Waals surface area contributed by atoms with E-state index in [4.69, 9.17) is 0 Å². The minimum Gasteiger partial charge on any atom is -0.508 e. The van der Waals surface area contributed by atoms with Crippen molar-refractivity contribution in [1.29, 1.82) is 0 Å². The Bertz CT molecular complexity index is 541. The molecular weight excluding hydrogens is 250 g/mol. The lowest BCUT2D eigenvalue weighted by Crippen LogP contribution is -2.14. The van der Waals surface area contributed by atoms with Crippen molar-refractivity contribution in [3.63, 3.8) is 0 Å². The Hall–Kier alpha value is -1.81. The molecule has 2 N–H and O–H groups in total. The van der Waals surface area contributed by atoms with Crippen molar-refractivity contribution < 1.29 is 5.11 Å². The van der Waals surface area contributed by atoms with E-state index in [0.29, 0.717) is 11.8 Å². The number of aromatic nitrogens is 2. The van der Waals surface area contributed by atoms with Gasteiger partial charge in [-0.1, -0.05) is 25.0 Å². The Morgan fingerprint density at radius 1 is 1.10 bits per heavy atom. The van der Waals surface area contributed by atoms with E-state index < -0.39 is 0 Å². The van der Waals surface area contributed by atoms with Gasteiger partial charge in [-0.25, -0.2) is 0 Å². The van der Waals surface area contributed by atoms with Crippen LogP contribution in [0.5, 0.6) is 5.75 Å². The normalized spacial score (nSPS) is 15.8. The maximum absolute atomic E-state index is 9.23. The van der Waals surface area contributed by atoms with Crippen LogP contribution in [0.1, 0.15) is 43.0 Å². The predicted octanol–water partition coefficient (Wildman–Crippen LogP) is 2.99. The molecule has 4 nitrogen and oxygen atoms in total. The molecule has 1 heterocycles. The number of nitrogens with one attached hydrogen (secondary N) is 1. The van der Waals surface area contributed by atoms with Gasteiger partial charge in [0.2, 0.25) is 0 Å². The lowest BCUT2D eigenvalue weighted by molar-refractivity contribution is 0.460. The van der Waals surface area contributed by atoms with Crippen molar-refractivity contribution in [2.45, 2.75) is 44.8 Å². The molecule has 0 atom stereocenters. The second kappa shape index (κ2) is 6.09. The highest BCUT2D eigenvalue weighted by Gasteiger charge is 2.17. The molecule has 1 aromatic heterocycles. The average molecular weight is 271 g/mol. The van der Waals surface area contributed by atoms with E-state index in [9.17, 15) is 5.11 Å². The zero-order chi connectivity index (χ0) is 13.8. The summed E-state index contributed by atoms with van der Waals surface area (Å²) in [7, 11) is 0. The highest BCUT2D eigenvalue weighted by atomic mass is 16.3. The van der Waals surface area contributed by atoms with Gasteiger partial charge in [-0.05, 0) is 36.6 Å². The second-order valence-electron chi connectivity index (χ2n) is 5.50. The van der Waals surface area contributed by atoms with Crippen LogP contribution in [0.15, 0.2) is 36.5 Å². The zero-order valence-corrected chi connectivity index (χ0v) is 11.6. The molecule has 0 radical (unpaired) electrons. The molecule has 0 aliphatic heterocycles. The van der Waals surface area contributed by atoms with Gasteiger partial charge in [0.25, 0.3) is 0 Å². The number of nitrogens with zero attached hydrogens (tertiary/aromatic N) is 2. The van der Waals surface area contributed by atoms with Crippen LogP contribution >= 0.6 is 0 Å². The largest absolute Gasteiger partial charge is 0.508 e. The molecule has 1 aliphatic carbocycles. The molecule has 1 aliphatic rings. The smallest absolute Gasteiger partial charge is 0.115 e. The van der Waals surface area contributed by atoms with Gasteiger partial charge in [0.1, 0.15) is 5.75 Å². The van der Waals surface area contributed by atoms with Gasteiger partial charge in [0.05, 0.1) is 11.7 Å². The first-order valence-corrected chi connectivity index (χ1v) is 7.34. The summed E-state index contributed by atoms with van der Waals surface area (Å²) < 4.78 is 2.13. The lowest BCUT2D eigenvalue weighted by Gasteiger charge is -2.09. The molecule has 20 heavy (non-hydrogen) atoms. The number of benzene rings is 1. The molecule has 1 fully saturated rings. The summed E-state index contributed by atoms with van der Waals surface area (Å²) in [6.45, 7) is 1.57. The maximum Gasteiger partial charge on any atom is 0.115 e. The Morgan fingerprint density at radius 2 is 1.85 bits per heavy atom. The summed E-state index contributed by atoms with van der Waals surface area (Å²) in [5.41, 5.74) is 2.26. The average Bonchev–Trinajstić information content (AvgIpc) is 3.11. The fraction of sp³-hybridized carbons (Fsp3) is 0.438. The van der Waals surface area contributed by atoms with Crippen molar-refractivity contribution >= 4 is 0 Å². The molecule has 0 amide bonds. The van der Waals surface area contributed by atoms with Crippen LogP contribution in [0.3, 0.4) is 0 Å². The lowest BCUT2D eigenvalue weighted by atomic mass is 10.2. The van der Waals surface area contributed by atoms with Crippen LogP contribution in [0.4, 0.5) is 0 Å². The maximum atomic E-state index is 9.23. The van der Waals surface area contributed by atoms with Gasteiger partial charge in [-0.3, -0.25) is 4.68 Å². The number of hydrogen-bond donors (Lipinski definition) is 2. The van der Waals surface area contributed by atoms with Crippen molar-refractivity contribution in [1.82, 2.24) is 15.1 Å². The molecule has 0 unspecified atom stereocenters. The third kappa shape index (κ3) is 3.20. The quantitative estimate of drug-likeness (QED) is 0.879. The number of hydrogen-bond acceptors (Lipinski definition) is 3. The predicted molar refractivity (Wildman–Crippen MR) is 78.4 cm³/mol. The molecular formula is C16H21N3O. The highest BCUT2D eigenvalue weighted by molar-refractivity contribution is 5.25. The summed E-state index contributed by atoms with van der Waals surface area (Å²) in [6.07, 6.45) is 7.30. The van der Waals surface area contributed by atoms with Gasteiger partial charge in [0.15, 0.2) is 0 Å². The van der Waals surface area contributed by atoms with Crippen molar-refractivity contribution in [3.05, 3.63) is 47.8 Å². The van der Waals surface area contributed by atoms with Crippen LogP contribution < -0.4 is 5.32 Å². The minimum absolute atomic E-state index is 0.309. The number of aromatic hydroxyl groups is 1. The summed E-state index contributed by atoms with van der Waals surface area (Å²) in [5.74, 6) is 0.309. The Morgan fingerprint density at radius 3 is 2.60 bits per heavy atom. The van der Waals surface area contributed by atoms with Crippen molar-refractivity contribution in [2.24, 2.45) is 0 Å². The molecule has 4 heteroatoms. The van der Waals surface area contributed by atoms with Crippen LogP contribution in [0.25, 0.3) is 0 Å². The van der Waals surface area contributed by atoms with Crippen LogP contribution in [0.2, 0.25) is 0 Å². The Balaban J connectivity index is 1.49. The summed E-state index contributed by atoms with van der Waals surface area (Å²) in [4.78, 5) is 0. The summed E-state index contributed by atoms with van der Waals surface area (Å²) in [6, 6.07) is 10.00. The van der Waals surface area contributed by atoms with Gasteiger partial charge in [-0.15, -0.1) is 0 Å². The van der Waals surface area contributed by atoms with Crippen LogP contribution in [-0.4, -0.2) is 14.9 Å². The summed E-state index contributed by atoms with van der Waals surface area (Å²) in [5, 5.41) is 17.3. The van der Waals surface area contributed by atoms with Gasteiger partial charge in [0, 0.05) is 19.3 Å². The minimum atomic E-state index is 0.309. The Labute approximate surface area is 119 Å². The van der Waals surface area contributed by atoms with Crippen molar-refractivity contribution in [2.75, 3.05) is 0 Å². The van der Waals surface area contributed by atoms with E-state index >= 15 is 0 Å². The fourth-order valence-corrected chi connectivity index (χ4v) is 2.79. The molecule has 0 bridgehead atoms. The monoisotopic (exact) mass is 271 g/mol. The summed E-state index contributed by atoms with van der Waals surface area (Å²) >= 11 is 0. The van der Waals surface area contributed by atoms with E-state index in [1.165, 1.54) is 25.7 Å². The fourth-order valence-electron chi connectivity index (χ4n) is 2.79. The number of phenolic OH excluding ortho intramolecular Hbond substituents is 1. The van der Waals surface area contributed by atoms with Crippen LogP contribution in [0, 0.1) is 0 Å². The number of rotatable bonds is 5. The van der Waals surface area contributed by atoms with Gasteiger partial charge in [-0.2, -0.15) is 5.10 Å². The molecule has 1 saturated carbocycles. The number of phenols is 1. The van der Waals surface area contributed by atoms with E-state index in [1.807, 2.05) is 12.1 Å². The standard InChI is InChI=1S/C16H21N3O/c20-16-7-5-13(6-8-16)11-17-12-14-9-10-19(18-14)15-3-1-2-4-15/h5-10,15,17,20H,1-4,11-12H2. The van der Waals surface area contributed by atoms with E-state index in [2.05, 4.69) is 27.4 Å². The molecule has 106 valence electrons. The third-order valence-corrected chi connectivity index (χ3v) is 3.93. The van der Waals surface area contributed by atoms with Gasteiger partial charge >= 0.3 is 0 Å². The SMILES string of the molecule is Oc1ccc(CNCc2ccn(C3CCCC3)n2)cc1. The van der Waals surface area contributed by atoms with Crippen molar-refractivity contribution in [3.8, 4) is 5.75 Å². The van der Waals surface area contributed by atoms with E-state index in [-0.39, 0.29) is 0 Å². The molecule has 0 spiro atoms. The molecule has 2 aromatic rings. The Kier molecular flexibility index (Phi) is 4.02. The topological polar surface area (TPSA) is 50.1 Å². The second-order valence-corrected chi connectivity index (χ2v) is 5.50. The third-order valence-electron chi connectivity index (χ3n) is 3.93. The van der Waals surface area contributed by atoms with Crippen LogP contribution in [-0.2, 0) is 13.1 Å². The molecule has 3 rings (SSSR count). The highest BCUT2D eigenvalue weighted by Crippen LogP contribution is 2.28. The van der Waals surface area contributed by atoms with E-state index in [1.54, 1.807) is 12.1 Å².